The standard InChI is InChI=1S/C11H12Cl2O7/c1-3-18-9(15)11(17,10(16)19-4-2)7-5(12)6(13)8(14)20-7/h7,17H,3-4H2,1-2H3. The average molecular weight is 327 g/mol. The highest BCUT2D eigenvalue weighted by molar-refractivity contribution is 6.49. The predicted octanol–water partition coefficient (Wildman–Crippen LogP) is 0.458. The topological polar surface area (TPSA) is 99.1 Å². The Balaban J connectivity index is 3.22. The van der Waals surface area contributed by atoms with Gasteiger partial charge in [-0.15, -0.1) is 0 Å². The zero-order chi connectivity index (χ0) is 15.5. The lowest BCUT2D eigenvalue weighted by Crippen LogP contribution is -2.58. The molecule has 20 heavy (non-hydrogen) atoms. The number of ether oxygens (including phenoxy) is 3. The van der Waals surface area contributed by atoms with Crippen molar-refractivity contribution in [1.29, 1.82) is 0 Å². The summed E-state index contributed by atoms with van der Waals surface area (Å²) in [5.41, 5.74) is -2.91. The van der Waals surface area contributed by atoms with Crippen molar-refractivity contribution >= 4 is 41.1 Å². The fourth-order valence-electron chi connectivity index (χ4n) is 1.47. The zero-order valence-corrected chi connectivity index (χ0v) is 12.2. The molecule has 0 bridgehead atoms. The van der Waals surface area contributed by atoms with Crippen LogP contribution in [0.4, 0.5) is 0 Å². The summed E-state index contributed by atoms with van der Waals surface area (Å²) < 4.78 is 13.9. The predicted molar refractivity (Wildman–Crippen MR) is 66.8 cm³/mol. The quantitative estimate of drug-likeness (QED) is 0.445. The summed E-state index contributed by atoms with van der Waals surface area (Å²) >= 11 is 11.3. The molecule has 0 radical (unpaired) electrons. The van der Waals surface area contributed by atoms with Crippen LogP contribution < -0.4 is 0 Å². The van der Waals surface area contributed by atoms with E-state index in [0.717, 1.165) is 0 Å². The van der Waals surface area contributed by atoms with Crippen LogP contribution in [0.3, 0.4) is 0 Å². The van der Waals surface area contributed by atoms with E-state index in [9.17, 15) is 19.5 Å². The molecule has 7 nitrogen and oxygen atoms in total. The van der Waals surface area contributed by atoms with Crippen molar-refractivity contribution in [2.75, 3.05) is 13.2 Å². The lowest BCUT2D eigenvalue weighted by molar-refractivity contribution is -0.195. The first kappa shape index (κ1) is 16.7. The number of aliphatic hydroxyl groups is 1. The molecule has 1 rings (SSSR count). The average Bonchev–Trinajstić information content (AvgIpc) is 2.66. The van der Waals surface area contributed by atoms with Gasteiger partial charge in [0.2, 0.25) is 0 Å². The van der Waals surface area contributed by atoms with Crippen LogP contribution in [0.15, 0.2) is 10.1 Å². The molecule has 0 aliphatic carbocycles. The maximum absolute atomic E-state index is 11.8. The summed E-state index contributed by atoms with van der Waals surface area (Å²) in [6, 6.07) is 0. The molecule has 0 aromatic carbocycles. The number of cyclic esters (lactones) is 1. The third kappa shape index (κ3) is 2.74. The van der Waals surface area contributed by atoms with E-state index >= 15 is 0 Å². The first-order chi connectivity index (χ1) is 9.30. The fraction of sp³-hybridized carbons (Fsp3) is 0.545. The van der Waals surface area contributed by atoms with Gasteiger partial charge in [0.05, 0.1) is 18.2 Å². The van der Waals surface area contributed by atoms with Gasteiger partial charge in [-0.1, -0.05) is 23.2 Å². The van der Waals surface area contributed by atoms with Gasteiger partial charge in [-0.25, -0.2) is 14.4 Å². The normalized spacial score (nSPS) is 18.9. The second-order valence-corrected chi connectivity index (χ2v) is 4.44. The summed E-state index contributed by atoms with van der Waals surface area (Å²) in [6.45, 7) is 2.70. The fourth-order valence-corrected chi connectivity index (χ4v) is 1.89. The molecule has 0 amide bonds. The highest BCUT2D eigenvalue weighted by Crippen LogP contribution is 2.36. The second-order valence-electron chi connectivity index (χ2n) is 3.65. The van der Waals surface area contributed by atoms with Crippen molar-refractivity contribution in [3.05, 3.63) is 10.1 Å². The number of carbonyl (C=O) groups excluding carboxylic acids is 3. The van der Waals surface area contributed by atoms with Crippen molar-refractivity contribution in [3.8, 4) is 0 Å². The Labute approximate surface area is 124 Å². The molecule has 0 aromatic rings. The molecule has 1 atom stereocenters. The van der Waals surface area contributed by atoms with Gasteiger partial charge in [0.15, 0.2) is 6.10 Å². The van der Waals surface area contributed by atoms with E-state index in [1.54, 1.807) is 0 Å². The van der Waals surface area contributed by atoms with E-state index in [-0.39, 0.29) is 13.2 Å². The second kappa shape index (κ2) is 6.43. The Morgan fingerprint density at radius 2 is 1.70 bits per heavy atom. The minimum absolute atomic E-state index is 0.115. The molecular formula is C11H12Cl2O7. The smallest absolute Gasteiger partial charge is 0.354 e. The monoisotopic (exact) mass is 326 g/mol. The number of hydrogen-bond acceptors (Lipinski definition) is 7. The van der Waals surface area contributed by atoms with E-state index in [2.05, 4.69) is 14.2 Å². The van der Waals surface area contributed by atoms with Gasteiger partial charge in [-0.2, -0.15) is 0 Å². The molecule has 1 aliphatic heterocycles. The van der Waals surface area contributed by atoms with Crippen LogP contribution >= 0.6 is 23.2 Å². The zero-order valence-electron chi connectivity index (χ0n) is 10.6. The third-order valence-corrected chi connectivity index (χ3v) is 3.24. The van der Waals surface area contributed by atoms with Gasteiger partial charge < -0.3 is 19.3 Å². The first-order valence-electron chi connectivity index (χ1n) is 5.63. The molecular weight excluding hydrogens is 315 g/mol. The third-order valence-electron chi connectivity index (χ3n) is 2.40. The summed E-state index contributed by atoms with van der Waals surface area (Å²) in [5, 5.41) is 9.32. The Bertz CT molecular complexity index is 453. The van der Waals surface area contributed by atoms with Crippen LogP contribution in [-0.2, 0) is 28.6 Å². The minimum atomic E-state index is -2.91. The summed E-state index contributed by atoms with van der Waals surface area (Å²) in [7, 11) is 0. The Morgan fingerprint density at radius 1 is 1.25 bits per heavy atom. The van der Waals surface area contributed by atoms with E-state index in [4.69, 9.17) is 23.2 Å². The molecule has 9 heteroatoms. The maximum Gasteiger partial charge on any atom is 0.354 e. The van der Waals surface area contributed by atoms with Crippen molar-refractivity contribution in [3.63, 3.8) is 0 Å². The molecule has 0 saturated carbocycles. The number of esters is 3. The van der Waals surface area contributed by atoms with Crippen LogP contribution in [0.1, 0.15) is 13.8 Å². The van der Waals surface area contributed by atoms with Gasteiger partial charge in [0.25, 0.3) is 0 Å². The van der Waals surface area contributed by atoms with E-state index in [0.29, 0.717) is 0 Å². The van der Waals surface area contributed by atoms with E-state index in [1.165, 1.54) is 13.8 Å². The lowest BCUT2D eigenvalue weighted by atomic mass is 9.96. The van der Waals surface area contributed by atoms with Crippen LogP contribution in [0.5, 0.6) is 0 Å². The van der Waals surface area contributed by atoms with Crippen molar-refractivity contribution in [1.82, 2.24) is 0 Å². The molecule has 1 aliphatic rings. The lowest BCUT2D eigenvalue weighted by Gasteiger charge is -2.28. The summed E-state index contributed by atoms with van der Waals surface area (Å²) in [5.74, 6) is -3.75. The van der Waals surface area contributed by atoms with Crippen LogP contribution in [-0.4, -0.2) is 47.9 Å². The van der Waals surface area contributed by atoms with Crippen molar-refractivity contribution in [2.24, 2.45) is 0 Å². The Kier molecular flexibility index (Phi) is 5.38. The van der Waals surface area contributed by atoms with Crippen LogP contribution in [0, 0.1) is 0 Å². The molecule has 0 saturated heterocycles. The van der Waals surface area contributed by atoms with E-state index in [1.807, 2.05) is 0 Å². The molecule has 0 fully saturated rings. The molecule has 1 heterocycles. The molecule has 1 unspecified atom stereocenters. The summed E-state index contributed by atoms with van der Waals surface area (Å²) in [6.07, 6.45) is -1.80. The number of hydrogen-bond donors (Lipinski definition) is 1. The number of carbonyl (C=O) groups is 3. The van der Waals surface area contributed by atoms with E-state index < -0.39 is 39.7 Å². The SMILES string of the molecule is CCOC(=O)C(O)(C(=O)OCC)C1OC(=O)C(Cl)=C1Cl. The number of halogens is 2. The van der Waals surface area contributed by atoms with Crippen molar-refractivity contribution < 1.29 is 33.7 Å². The van der Waals surface area contributed by atoms with Gasteiger partial charge in [0, 0.05) is 0 Å². The van der Waals surface area contributed by atoms with Gasteiger partial charge in [-0.3, -0.25) is 0 Å². The molecule has 0 spiro atoms. The van der Waals surface area contributed by atoms with Crippen molar-refractivity contribution in [2.45, 2.75) is 25.6 Å². The Hall–Kier alpha value is -1.31. The highest BCUT2D eigenvalue weighted by atomic mass is 35.5. The summed E-state index contributed by atoms with van der Waals surface area (Å²) in [4.78, 5) is 35.0. The largest absolute Gasteiger partial charge is 0.463 e. The van der Waals surface area contributed by atoms with Gasteiger partial charge in [-0.05, 0) is 13.8 Å². The minimum Gasteiger partial charge on any atom is -0.463 e. The maximum atomic E-state index is 11.8. The van der Waals surface area contributed by atoms with Gasteiger partial charge in [0.1, 0.15) is 5.03 Å². The van der Waals surface area contributed by atoms with Gasteiger partial charge >= 0.3 is 23.5 Å². The molecule has 112 valence electrons. The Morgan fingerprint density at radius 3 is 2.00 bits per heavy atom. The highest BCUT2D eigenvalue weighted by Gasteiger charge is 2.60. The van der Waals surface area contributed by atoms with Crippen LogP contribution in [0.2, 0.25) is 0 Å². The number of rotatable bonds is 5. The molecule has 1 N–H and O–H groups in total. The molecule has 0 aromatic heterocycles. The van der Waals surface area contributed by atoms with Crippen LogP contribution in [0.25, 0.3) is 0 Å². The first-order valence-corrected chi connectivity index (χ1v) is 6.39.